The van der Waals surface area contributed by atoms with E-state index in [1.54, 1.807) is 0 Å². The molecule has 4 rings (SSSR count). The second kappa shape index (κ2) is 9.08. The molecular weight excluding hydrogens is 445 g/mol. The Bertz CT molecular complexity index is 1130. The van der Waals surface area contributed by atoms with Crippen LogP contribution in [0.15, 0.2) is 57.6 Å². The summed E-state index contributed by atoms with van der Waals surface area (Å²) >= 11 is 0. The number of nitrogens with one attached hydrogen (secondary N) is 2. The summed E-state index contributed by atoms with van der Waals surface area (Å²) in [4.78, 5) is 21.2. The van der Waals surface area contributed by atoms with Gasteiger partial charge in [0.1, 0.15) is 17.5 Å². The number of hydrogen-bond donors (Lipinski definition) is 2. The van der Waals surface area contributed by atoms with Gasteiger partial charge in [0.15, 0.2) is 0 Å². The number of rotatable bonds is 3. The van der Waals surface area contributed by atoms with Crippen molar-refractivity contribution in [3.63, 3.8) is 0 Å². The lowest BCUT2D eigenvalue weighted by Gasteiger charge is -2.21. The van der Waals surface area contributed by atoms with Crippen LogP contribution in [0, 0.1) is 11.6 Å². The maximum Gasteiger partial charge on any atom is 0.416 e. The topological polar surface area (TPSA) is 78.2 Å². The van der Waals surface area contributed by atoms with Crippen LogP contribution in [0.3, 0.4) is 0 Å². The van der Waals surface area contributed by atoms with E-state index in [2.05, 4.69) is 25.8 Å². The van der Waals surface area contributed by atoms with Crippen molar-refractivity contribution < 1.29 is 26.7 Å². The normalized spacial score (nSPS) is 18.0. The van der Waals surface area contributed by atoms with Crippen LogP contribution in [-0.4, -0.2) is 29.5 Å². The summed E-state index contributed by atoms with van der Waals surface area (Å²) in [5, 5.41) is 6.56. The Labute approximate surface area is 185 Å². The van der Waals surface area contributed by atoms with Crippen LogP contribution in [0.4, 0.5) is 22.0 Å². The summed E-state index contributed by atoms with van der Waals surface area (Å²) < 4.78 is 65.2. The summed E-state index contributed by atoms with van der Waals surface area (Å²) in [5.74, 6) is -1.88. The molecular formula is C22H18F5N5O. The van der Waals surface area contributed by atoms with Gasteiger partial charge in [0.2, 0.25) is 5.96 Å². The highest BCUT2D eigenvalue weighted by atomic mass is 19.4. The Balaban J connectivity index is 1.49. The van der Waals surface area contributed by atoms with Gasteiger partial charge >= 0.3 is 6.18 Å². The summed E-state index contributed by atoms with van der Waals surface area (Å²) in [6.45, 7) is 0. The third-order valence-corrected chi connectivity index (χ3v) is 5.17. The van der Waals surface area contributed by atoms with E-state index in [1.165, 1.54) is 0 Å². The van der Waals surface area contributed by atoms with Crippen molar-refractivity contribution in [1.82, 2.24) is 10.7 Å². The Kier molecular flexibility index (Phi) is 6.21. The number of aliphatic imine (C=N–C) groups is 2. The fraction of sp³-hybridized carbons (Fsp3) is 0.273. The quantitative estimate of drug-likeness (QED) is 0.402. The minimum atomic E-state index is -4.51. The van der Waals surface area contributed by atoms with Crippen LogP contribution >= 0.6 is 0 Å². The lowest BCUT2D eigenvalue weighted by Crippen LogP contribution is -2.33. The molecule has 2 aromatic carbocycles. The Morgan fingerprint density at radius 1 is 1.06 bits per heavy atom. The number of guanidine groups is 1. The predicted octanol–water partition coefficient (Wildman–Crippen LogP) is 4.42. The maximum absolute atomic E-state index is 13.5. The molecule has 1 fully saturated rings. The predicted molar refractivity (Wildman–Crippen MR) is 112 cm³/mol. The average Bonchev–Trinajstić information content (AvgIpc) is 3.18. The molecule has 0 unspecified atom stereocenters. The number of hydrogen-bond acceptors (Lipinski definition) is 3. The monoisotopic (exact) mass is 463 g/mol. The van der Waals surface area contributed by atoms with Crippen molar-refractivity contribution in [2.24, 2.45) is 15.1 Å². The van der Waals surface area contributed by atoms with Crippen LogP contribution in [-0.2, 0) is 6.18 Å². The first-order chi connectivity index (χ1) is 15.7. The first-order valence-corrected chi connectivity index (χ1v) is 10.1. The molecule has 2 aromatic rings. The van der Waals surface area contributed by atoms with Crippen molar-refractivity contribution in [2.45, 2.75) is 37.9 Å². The largest absolute Gasteiger partial charge is 0.416 e. The zero-order chi connectivity index (χ0) is 23.6. The van der Waals surface area contributed by atoms with Gasteiger partial charge in [0.05, 0.1) is 23.7 Å². The molecule has 1 saturated carbocycles. The first kappa shape index (κ1) is 22.6. The zero-order valence-electron chi connectivity index (χ0n) is 17.1. The molecule has 0 aromatic heterocycles. The Hall–Kier alpha value is -3.63. The zero-order valence-corrected chi connectivity index (χ0v) is 17.1. The van der Waals surface area contributed by atoms with Crippen molar-refractivity contribution in [3.05, 3.63) is 70.8 Å². The molecule has 1 heterocycles. The molecule has 33 heavy (non-hydrogen) atoms. The third-order valence-electron chi connectivity index (χ3n) is 5.17. The lowest BCUT2D eigenvalue weighted by atomic mass is 9.94. The lowest BCUT2D eigenvalue weighted by molar-refractivity contribution is -0.137. The standard InChI is InChI=1S/C22H18F5N5O/c23-15-8-13(9-16(24)10-15)18-11-19(32-31-18)29-21(28-17-2-1-3-17)30-20(33)12-4-6-14(7-5-12)22(25,26)27/h4-10,17H,1-3,11H2,(H2,28,29,30,32,33). The van der Waals surface area contributed by atoms with Crippen molar-refractivity contribution in [1.29, 1.82) is 0 Å². The van der Waals surface area contributed by atoms with E-state index in [0.717, 1.165) is 61.7 Å². The van der Waals surface area contributed by atoms with Crippen molar-refractivity contribution in [3.8, 4) is 0 Å². The molecule has 1 aliphatic carbocycles. The summed E-state index contributed by atoms with van der Waals surface area (Å²) in [6, 6.07) is 6.78. The van der Waals surface area contributed by atoms with Gasteiger partial charge in [-0.25, -0.2) is 13.8 Å². The van der Waals surface area contributed by atoms with Gasteiger partial charge in [-0.2, -0.15) is 23.3 Å². The van der Waals surface area contributed by atoms with Gasteiger partial charge in [-0.15, -0.1) is 0 Å². The fourth-order valence-corrected chi connectivity index (χ4v) is 3.21. The molecule has 0 saturated heterocycles. The number of amides is 1. The molecule has 0 atom stereocenters. The third kappa shape index (κ3) is 5.60. The van der Waals surface area contributed by atoms with E-state index in [1.807, 2.05) is 0 Å². The first-order valence-electron chi connectivity index (χ1n) is 10.1. The fourth-order valence-electron chi connectivity index (χ4n) is 3.21. The van der Waals surface area contributed by atoms with E-state index in [0.29, 0.717) is 11.5 Å². The maximum atomic E-state index is 13.5. The van der Waals surface area contributed by atoms with E-state index >= 15 is 0 Å². The van der Waals surface area contributed by atoms with E-state index in [4.69, 9.17) is 0 Å². The highest BCUT2D eigenvalue weighted by Gasteiger charge is 2.30. The molecule has 1 aliphatic heterocycles. The molecule has 6 nitrogen and oxygen atoms in total. The van der Waals surface area contributed by atoms with Gasteiger partial charge in [0.25, 0.3) is 5.91 Å². The summed E-state index contributed by atoms with van der Waals surface area (Å²) in [5.41, 5.74) is 2.40. The van der Waals surface area contributed by atoms with Gasteiger partial charge in [-0.05, 0) is 55.7 Å². The minimum absolute atomic E-state index is 0.0102. The minimum Gasteiger partial charge on any atom is -0.291 e. The summed E-state index contributed by atoms with van der Waals surface area (Å²) in [7, 11) is 0. The number of halogens is 5. The molecule has 2 N–H and O–H groups in total. The average molecular weight is 463 g/mol. The number of carbonyl (C=O) groups is 1. The number of benzene rings is 2. The van der Waals surface area contributed by atoms with Crippen LogP contribution in [0.1, 0.15) is 47.2 Å². The smallest absolute Gasteiger partial charge is 0.291 e. The molecule has 11 heteroatoms. The summed E-state index contributed by atoms with van der Waals surface area (Å²) in [6.07, 6.45) is -1.76. The number of amidine groups is 1. The van der Waals surface area contributed by atoms with E-state index in [-0.39, 0.29) is 29.5 Å². The number of hydrazone groups is 1. The van der Waals surface area contributed by atoms with E-state index in [9.17, 15) is 26.7 Å². The Morgan fingerprint density at radius 2 is 1.73 bits per heavy atom. The molecule has 1 amide bonds. The molecule has 2 aliphatic rings. The molecule has 0 spiro atoms. The van der Waals surface area contributed by atoms with Crippen molar-refractivity contribution >= 4 is 23.4 Å². The Morgan fingerprint density at radius 3 is 2.30 bits per heavy atom. The highest BCUT2D eigenvalue weighted by molar-refractivity contribution is 6.18. The number of carbonyl (C=O) groups excluding carboxylic acids is 1. The van der Waals surface area contributed by atoms with E-state index < -0.39 is 29.3 Å². The van der Waals surface area contributed by atoms with Crippen LogP contribution < -0.4 is 10.7 Å². The van der Waals surface area contributed by atoms with Gasteiger partial charge < -0.3 is 0 Å². The van der Waals surface area contributed by atoms with Crippen LogP contribution in [0.2, 0.25) is 0 Å². The number of nitrogens with zero attached hydrogens (tertiary/aromatic N) is 3. The molecule has 0 bridgehead atoms. The van der Waals surface area contributed by atoms with Gasteiger partial charge in [0, 0.05) is 17.2 Å². The second-order valence-corrected chi connectivity index (χ2v) is 7.63. The van der Waals surface area contributed by atoms with Crippen LogP contribution in [0.5, 0.6) is 0 Å². The van der Waals surface area contributed by atoms with Crippen LogP contribution in [0.25, 0.3) is 0 Å². The molecule has 0 radical (unpaired) electrons. The SMILES string of the molecule is O=C(NC(N=C1CC(c2cc(F)cc(F)c2)=NN1)=NC1CCC1)c1ccc(C(F)(F)F)cc1. The van der Waals surface area contributed by atoms with Crippen molar-refractivity contribution in [2.75, 3.05) is 0 Å². The molecule has 172 valence electrons. The second-order valence-electron chi connectivity index (χ2n) is 7.63. The van der Waals surface area contributed by atoms with Gasteiger partial charge in [-0.3, -0.25) is 15.5 Å². The highest BCUT2D eigenvalue weighted by Crippen LogP contribution is 2.29. The number of alkyl halides is 3. The van der Waals surface area contributed by atoms with Gasteiger partial charge in [-0.1, -0.05) is 0 Å².